The lowest BCUT2D eigenvalue weighted by atomic mass is 10.2. The molecular formula is C14H18BrClN2O3. The minimum absolute atomic E-state index is 0.0192. The fraction of sp³-hybridized carbons (Fsp3) is 0.429. The van der Waals surface area contributed by atoms with Crippen molar-refractivity contribution in [2.75, 3.05) is 33.9 Å². The summed E-state index contributed by atoms with van der Waals surface area (Å²) < 4.78 is 5.65. The molecule has 0 aromatic heterocycles. The maximum absolute atomic E-state index is 12.3. The van der Waals surface area contributed by atoms with Gasteiger partial charge in [0.05, 0.1) is 17.1 Å². The summed E-state index contributed by atoms with van der Waals surface area (Å²) in [5, 5.41) is 3.08. The van der Waals surface area contributed by atoms with Crippen LogP contribution < -0.4 is 5.32 Å². The molecule has 1 N–H and O–H groups in total. The highest BCUT2D eigenvalue weighted by molar-refractivity contribution is 9.10. The van der Waals surface area contributed by atoms with Gasteiger partial charge < -0.3 is 15.0 Å². The third-order valence-electron chi connectivity index (χ3n) is 2.73. The molecule has 1 aromatic rings. The van der Waals surface area contributed by atoms with E-state index in [1.807, 2.05) is 0 Å². The second-order valence-corrected chi connectivity index (χ2v) is 5.80. The van der Waals surface area contributed by atoms with Crippen molar-refractivity contribution in [1.82, 2.24) is 10.2 Å². The fourth-order valence-electron chi connectivity index (χ4n) is 1.65. The Morgan fingerprint density at radius 3 is 2.81 bits per heavy atom. The van der Waals surface area contributed by atoms with Gasteiger partial charge in [-0.15, -0.1) is 0 Å². The first-order valence-electron chi connectivity index (χ1n) is 6.42. The molecule has 0 spiro atoms. The largest absolute Gasteiger partial charge is 0.385 e. The molecule has 0 aliphatic rings. The topological polar surface area (TPSA) is 58.6 Å². The zero-order valence-corrected chi connectivity index (χ0v) is 14.3. The van der Waals surface area contributed by atoms with Crippen LogP contribution in [0.4, 0.5) is 0 Å². The minimum Gasteiger partial charge on any atom is -0.385 e. The summed E-state index contributed by atoms with van der Waals surface area (Å²) in [6, 6.07) is 5.02. The molecule has 0 fully saturated rings. The molecule has 1 aromatic carbocycles. The van der Waals surface area contributed by atoms with E-state index in [4.69, 9.17) is 16.3 Å². The average molecular weight is 378 g/mol. The maximum atomic E-state index is 12.3. The van der Waals surface area contributed by atoms with Crippen LogP contribution in [0.15, 0.2) is 22.7 Å². The second kappa shape index (κ2) is 9.02. The number of hydrogen-bond donors (Lipinski definition) is 1. The van der Waals surface area contributed by atoms with Gasteiger partial charge in [-0.2, -0.15) is 0 Å². The fourth-order valence-corrected chi connectivity index (χ4v) is 2.21. The number of methoxy groups -OCH3 is 1. The van der Waals surface area contributed by atoms with Gasteiger partial charge in [0.25, 0.3) is 5.91 Å². The summed E-state index contributed by atoms with van der Waals surface area (Å²) in [4.78, 5) is 25.3. The number of nitrogens with one attached hydrogen (secondary N) is 1. The molecule has 21 heavy (non-hydrogen) atoms. The van der Waals surface area contributed by atoms with Crippen LogP contribution in [-0.2, 0) is 9.53 Å². The summed E-state index contributed by atoms with van der Waals surface area (Å²) in [6.07, 6.45) is 0.733. The van der Waals surface area contributed by atoms with Gasteiger partial charge in [0, 0.05) is 31.8 Å². The number of rotatable bonds is 7. The zero-order chi connectivity index (χ0) is 15.8. The Bertz CT molecular complexity index is 511. The average Bonchev–Trinajstić information content (AvgIpc) is 2.45. The quantitative estimate of drug-likeness (QED) is 0.742. The van der Waals surface area contributed by atoms with Crippen LogP contribution >= 0.6 is 27.5 Å². The third-order valence-corrected chi connectivity index (χ3v) is 3.56. The van der Waals surface area contributed by atoms with Crippen molar-refractivity contribution in [3.8, 4) is 0 Å². The van der Waals surface area contributed by atoms with Gasteiger partial charge in [0.15, 0.2) is 0 Å². The Kier molecular flexibility index (Phi) is 7.71. The van der Waals surface area contributed by atoms with Crippen LogP contribution in [0.1, 0.15) is 16.8 Å². The van der Waals surface area contributed by atoms with Gasteiger partial charge in [-0.3, -0.25) is 9.59 Å². The maximum Gasteiger partial charge on any atom is 0.255 e. The van der Waals surface area contributed by atoms with Crippen molar-refractivity contribution in [1.29, 1.82) is 0 Å². The lowest BCUT2D eigenvalue weighted by Crippen LogP contribution is -2.38. The number of nitrogens with zero attached hydrogens (tertiary/aromatic N) is 1. The first-order chi connectivity index (χ1) is 9.95. The van der Waals surface area contributed by atoms with Crippen LogP contribution in [0.25, 0.3) is 0 Å². The first-order valence-corrected chi connectivity index (χ1v) is 7.59. The lowest BCUT2D eigenvalue weighted by molar-refractivity contribution is -0.121. The van der Waals surface area contributed by atoms with E-state index >= 15 is 0 Å². The molecule has 116 valence electrons. The van der Waals surface area contributed by atoms with E-state index in [0.717, 1.165) is 10.9 Å². The molecular weight excluding hydrogens is 360 g/mol. The highest BCUT2D eigenvalue weighted by Gasteiger charge is 2.17. The van der Waals surface area contributed by atoms with Crippen molar-refractivity contribution in [3.05, 3.63) is 33.3 Å². The van der Waals surface area contributed by atoms with Crippen LogP contribution in [0, 0.1) is 0 Å². The highest BCUT2D eigenvalue weighted by Crippen LogP contribution is 2.22. The summed E-state index contributed by atoms with van der Waals surface area (Å²) in [7, 11) is 3.17. The Morgan fingerprint density at radius 1 is 1.43 bits per heavy atom. The molecule has 0 heterocycles. The van der Waals surface area contributed by atoms with Crippen molar-refractivity contribution >= 4 is 39.3 Å². The number of benzene rings is 1. The van der Waals surface area contributed by atoms with Gasteiger partial charge >= 0.3 is 0 Å². The molecule has 0 atom stereocenters. The van der Waals surface area contributed by atoms with E-state index in [-0.39, 0.29) is 18.4 Å². The SMILES string of the molecule is COCCCNC(=O)CN(C)C(=O)c1cc(Br)ccc1Cl. The Labute approximate surface area is 137 Å². The summed E-state index contributed by atoms with van der Waals surface area (Å²) in [5.41, 5.74) is 0.362. The summed E-state index contributed by atoms with van der Waals surface area (Å²) in [5.74, 6) is -0.513. The predicted octanol–water partition coefficient (Wildman–Crippen LogP) is 2.33. The molecule has 0 radical (unpaired) electrons. The molecule has 0 aliphatic carbocycles. The molecule has 5 nitrogen and oxygen atoms in total. The van der Waals surface area contributed by atoms with Crippen molar-refractivity contribution in [2.24, 2.45) is 0 Å². The van der Waals surface area contributed by atoms with E-state index in [9.17, 15) is 9.59 Å². The molecule has 0 bridgehead atoms. The number of halogens is 2. The van der Waals surface area contributed by atoms with Gasteiger partial charge in [-0.25, -0.2) is 0 Å². The standard InChI is InChI=1S/C14H18BrClN2O3/c1-18(9-13(19)17-6-3-7-21-2)14(20)11-8-10(15)4-5-12(11)16/h4-5,8H,3,6-7,9H2,1-2H3,(H,17,19). The van der Waals surface area contributed by atoms with Gasteiger partial charge in [0.2, 0.25) is 5.91 Å². The van der Waals surface area contributed by atoms with Crippen molar-refractivity contribution in [2.45, 2.75) is 6.42 Å². The van der Waals surface area contributed by atoms with Crippen LogP contribution in [-0.4, -0.2) is 50.6 Å². The van der Waals surface area contributed by atoms with E-state index in [2.05, 4.69) is 21.2 Å². The second-order valence-electron chi connectivity index (χ2n) is 4.48. The zero-order valence-electron chi connectivity index (χ0n) is 12.0. The molecule has 0 saturated carbocycles. The van der Waals surface area contributed by atoms with E-state index < -0.39 is 0 Å². The van der Waals surface area contributed by atoms with Crippen LogP contribution in [0.5, 0.6) is 0 Å². The van der Waals surface area contributed by atoms with Crippen LogP contribution in [0.2, 0.25) is 5.02 Å². The smallest absolute Gasteiger partial charge is 0.255 e. The van der Waals surface area contributed by atoms with Crippen molar-refractivity contribution in [3.63, 3.8) is 0 Å². The minimum atomic E-state index is -0.298. The molecule has 1 rings (SSSR count). The number of ether oxygens (including phenoxy) is 1. The van der Waals surface area contributed by atoms with Gasteiger partial charge in [-0.05, 0) is 24.6 Å². The molecule has 0 aliphatic heterocycles. The molecule has 2 amide bonds. The highest BCUT2D eigenvalue weighted by atomic mass is 79.9. The van der Waals surface area contributed by atoms with Crippen LogP contribution in [0.3, 0.4) is 0 Å². The molecule has 7 heteroatoms. The molecule has 0 saturated heterocycles. The Balaban J connectivity index is 2.54. The first kappa shape index (κ1) is 17.9. The number of hydrogen-bond acceptors (Lipinski definition) is 3. The summed E-state index contributed by atoms with van der Waals surface area (Å²) >= 11 is 9.30. The normalized spacial score (nSPS) is 10.3. The lowest BCUT2D eigenvalue weighted by Gasteiger charge is -2.17. The number of amides is 2. The number of likely N-dealkylation sites (N-methyl/N-ethyl adjacent to an activating group) is 1. The Hall–Kier alpha value is -1.11. The predicted molar refractivity (Wildman–Crippen MR) is 85.6 cm³/mol. The summed E-state index contributed by atoms with van der Waals surface area (Å²) in [6.45, 7) is 1.09. The number of carbonyl (C=O) groups excluding carboxylic acids is 2. The molecule has 0 unspecified atom stereocenters. The van der Waals surface area contributed by atoms with E-state index in [0.29, 0.717) is 23.7 Å². The van der Waals surface area contributed by atoms with E-state index in [1.54, 1.807) is 32.4 Å². The van der Waals surface area contributed by atoms with Crippen molar-refractivity contribution < 1.29 is 14.3 Å². The monoisotopic (exact) mass is 376 g/mol. The van der Waals surface area contributed by atoms with Gasteiger partial charge in [-0.1, -0.05) is 27.5 Å². The third kappa shape index (κ3) is 6.03. The van der Waals surface area contributed by atoms with Gasteiger partial charge in [0.1, 0.15) is 0 Å². The van der Waals surface area contributed by atoms with E-state index in [1.165, 1.54) is 4.90 Å². The number of carbonyl (C=O) groups is 2. The Morgan fingerprint density at radius 2 is 2.14 bits per heavy atom.